The zero-order valence-corrected chi connectivity index (χ0v) is 26.7. The lowest BCUT2D eigenvalue weighted by atomic mass is 10.2. The van der Waals surface area contributed by atoms with Crippen LogP contribution in [0.4, 0.5) is 0 Å². The van der Waals surface area contributed by atoms with Crippen LogP contribution in [0.15, 0.2) is 117 Å². The van der Waals surface area contributed by atoms with Crippen LogP contribution in [-0.4, -0.2) is 24.2 Å². The van der Waals surface area contributed by atoms with Crippen LogP contribution >= 0.6 is 0 Å². The number of ether oxygens (including phenoxy) is 2. The first-order valence-electron chi connectivity index (χ1n) is 13.4. The van der Waals surface area contributed by atoms with Crippen molar-refractivity contribution in [3.05, 3.63) is 108 Å². The average Bonchev–Trinajstić information content (AvgIpc) is 2.86. The molecule has 41 heavy (non-hydrogen) atoms. The minimum absolute atomic E-state index is 0.178. The molecule has 218 valence electrons. The van der Waals surface area contributed by atoms with E-state index in [2.05, 4.69) is 121 Å². The molecule has 0 aliphatic heterocycles. The Morgan fingerprint density at radius 1 is 0.537 bits per heavy atom. The molecular weight excluding hydrogens is 553 g/mol. The Kier molecular flexibility index (Phi) is 10.3. The predicted octanol–water partition coefficient (Wildman–Crippen LogP) is 8.34. The maximum absolute atomic E-state index is 10.4. The smallest absolute Gasteiger partial charge is 0.166 e. The summed E-state index contributed by atoms with van der Waals surface area (Å²) in [5.41, 5.74) is 1.79. The summed E-state index contributed by atoms with van der Waals surface area (Å²) in [5.74, 6) is 1.79. The Balaban J connectivity index is 0.000000352. The van der Waals surface area contributed by atoms with Crippen molar-refractivity contribution in [2.24, 2.45) is 0 Å². The molecule has 0 saturated heterocycles. The Morgan fingerprint density at radius 3 is 1.12 bits per heavy atom. The van der Waals surface area contributed by atoms with E-state index in [9.17, 15) is 13.0 Å². The van der Waals surface area contributed by atoms with Crippen LogP contribution in [0.1, 0.15) is 52.7 Å². The summed E-state index contributed by atoms with van der Waals surface area (Å²) in [5, 5.41) is 0. The Hall–Kier alpha value is -3.26. The third-order valence-corrected chi connectivity index (χ3v) is 8.61. The largest absolute Gasteiger partial charge is 0.744 e. The fourth-order valence-corrected chi connectivity index (χ4v) is 6.29. The van der Waals surface area contributed by atoms with Crippen molar-refractivity contribution in [2.75, 3.05) is 0 Å². The van der Waals surface area contributed by atoms with Crippen LogP contribution in [-0.2, 0) is 21.0 Å². The molecule has 7 heteroatoms. The van der Waals surface area contributed by atoms with Gasteiger partial charge in [-0.25, -0.2) is 8.42 Å². The summed E-state index contributed by atoms with van der Waals surface area (Å²) in [6, 6.07) is 31.7. The zero-order valence-electron chi connectivity index (χ0n) is 25.1. The second-order valence-electron chi connectivity index (χ2n) is 11.8. The fraction of sp³-hybridized carbons (Fsp3) is 0.294. The Labute approximate surface area is 248 Å². The normalized spacial score (nSPS) is 12.0. The van der Waals surface area contributed by atoms with Gasteiger partial charge in [0.2, 0.25) is 0 Å². The fourth-order valence-electron chi connectivity index (χ4n) is 3.78. The summed E-state index contributed by atoms with van der Waals surface area (Å²) in [4.78, 5) is 3.66. The van der Waals surface area contributed by atoms with Gasteiger partial charge in [0.05, 0.1) is 15.8 Å². The van der Waals surface area contributed by atoms with Crippen LogP contribution < -0.4 is 9.47 Å². The Morgan fingerprint density at radius 2 is 0.829 bits per heavy atom. The lowest BCUT2D eigenvalue weighted by Gasteiger charge is -2.21. The van der Waals surface area contributed by atoms with Gasteiger partial charge in [-0.2, -0.15) is 0 Å². The summed E-state index contributed by atoms with van der Waals surface area (Å²) >= 11 is 0. The van der Waals surface area contributed by atoms with Gasteiger partial charge >= 0.3 is 0 Å². The van der Waals surface area contributed by atoms with Crippen molar-refractivity contribution in [1.82, 2.24) is 0 Å². The van der Waals surface area contributed by atoms with E-state index in [1.807, 2.05) is 6.92 Å². The summed E-state index contributed by atoms with van der Waals surface area (Å²) in [7, 11) is -4.47. The maximum atomic E-state index is 10.4. The van der Waals surface area contributed by atoms with Crippen LogP contribution in [0.25, 0.3) is 0 Å². The molecule has 5 nitrogen and oxygen atoms in total. The SMILES string of the molecule is Cc1ccc(S(=O)(=O)[O-])cc1.Cc1ccc([S+](c2ccc(OC(C)(C)C)cc2)c2ccc(OC(C)(C)C)cc2)cc1. The third kappa shape index (κ3) is 10.6. The summed E-state index contributed by atoms with van der Waals surface area (Å²) in [6.07, 6.45) is 0. The van der Waals surface area contributed by atoms with E-state index in [0.717, 1.165) is 17.1 Å². The van der Waals surface area contributed by atoms with E-state index in [0.29, 0.717) is 0 Å². The van der Waals surface area contributed by atoms with Gasteiger partial charge in [-0.15, -0.1) is 0 Å². The van der Waals surface area contributed by atoms with Crippen molar-refractivity contribution < 1.29 is 22.4 Å². The zero-order chi connectivity index (χ0) is 30.4. The molecule has 0 atom stereocenters. The van der Waals surface area contributed by atoms with E-state index in [4.69, 9.17) is 9.47 Å². The molecule has 0 aliphatic rings. The molecular formula is C34H40O5S2. The van der Waals surface area contributed by atoms with Gasteiger partial charge in [-0.05, 0) is 128 Å². The highest BCUT2D eigenvalue weighted by Gasteiger charge is 2.29. The first-order chi connectivity index (χ1) is 19.0. The number of aryl methyl sites for hydroxylation is 2. The second-order valence-corrected chi connectivity index (χ2v) is 15.2. The molecule has 0 fully saturated rings. The maximum Gasteiger partial charge on any atom is 0.166 e. The molecule has 0 aromatic heterocycles. The third-order valence-electron chi connectivity index (χ3n) is 5.53. The molecule has 0 amide bonds. The first-order valence-corrected chi connectivity index (χ1v) is 16.1. The molecule has 0 spiro atoms. The molecule has 4 aromatic rings. The topological polar surface area (TPSA) is 75.7 Å². The molecule has 0 bridgehead atoms. The molecule has 0 radical (unpaired) electrons. The number of hydrogen-bond acceptors (Lipinski definition) is 5. The van der Waals surface area contributed by atoms with E-state index in [1.165, 1.54) is 32.4 Å². The second kappa shape index (κ2) is 13.1. The molecule has 4 aromatic carbocycles. The van der Waals surface area contributed by atoms with Gasteiger partial charge in [0.15, 0.2) is 14.7 Å². The average molecular weight is 593 g/mol. The van der Waals surface area contributed by atoms with Crippen LogP contribution in [0.5, 0.6) is 11.5 Å². The van der Waals surface area contributed by atoms with E-state index < -0.39 is 10.1 Å². The van der Waals surface area contributed by atoms with E-state index in [-0.39, 0.29) is 27.0 Å². The lowest BCUT2D eigenvalue weighted by Crippen LogP contribution is -2.23. The quantitative estimate of drug-likeness (QED) is 0.166. The monoisotopic (exact) mass is 592 g/mol. The highest BCUT2D eigenvalue weighted by atomic mass is 32.2. The standard InChI is InChI=1S/C27H33O2S.C7H8O3S/c1-20-8-14-23(15-9-20)30(24-16-10-21(11-17-24)28-26(2,3)4)25-18-12-22(13-19-25)29-27(5,6)7;1-6-2-4-7(5-3-6)11(8,9)10/h8-19H,1-7H3;2-5H,1H3,(H,8,9,10)/q+1;/p-1. The molecule has 4 rings (SSSR count). The molecule has 0 unspecified atom stereocenters. The molecule has 0 heterocycles. The number of hydrogen-bond donors (Lipinski definition) is 0. The number of benzene rings is 4. The van der Waals surface area contributed by atoms with Gasteiger partial charge in [0.1, 0.15) is 32.8 Å². The van der Waals surface area contributed by atoms with Crippen molar-refractivity contribution >= 4 is 21.0 Å². The van der Waals surface area contributed by atoms with Gasteiger partial charge in [0, 0.05) is 0 Å². The minimum atomic E-state index is -4.27. The molecule has 0 saturated carbocycles. The van der Waals surface area contributed by atoms with Gasteiger partial charge in [-0.1, -0.05) is 35.4 Å². The van der Waals surface area contributed by atoms with Crippen molar-refractivity contribution in [3.63, 3.8) is 0 Å². The molecule has 0 aliphatic carbocycles. The summed E-state index contributed by atoms with van der Waals surface area (Å²) in [6.45, 7) is 16.4. The highest BCUT2D eigenvalue weighted by Crippen LogP contribution is 2.34. The van der Waals surface area contributed by atoms with Gasteiger partial charge < -0.3 is 14.0 Å². The Bertz CT molecular complexity index is 1440. The molecule has 0 N–H and O–H groups in total. The van der Waals surface area contributed by atoms with E-state index >= 15 is 0 Å². The van der Waals surface area contributed by atoms with Crippen LogP contribution in [0, 0.1) is 13.8 Å². The van der Waals surface area contributed by atoms with Gasteiger partial charge in [0.25, 0.3) is 0 Å². The highest BCUT2D eigenvalue weighted by molar-refractivity contribution is 7.97. The number of rotatable bonds is 6. The predicted molar refractivity (Wildman–Crippen MR) is 166 cm³/mol. The summed E-state index contributed by atoms with van der Waals surface area (Å²) < 4.78 is 43.2. The lowest BCUT2D eigenvalue weighted by molar-refractivity contribution is 0.130. The van der Waals surface area contributed by atoms with E-state index in [1.54, 1.807) is 12.1 Å². The first kappa shape index (κ1) is 32.3. The van der Waals surface area contributed by atoms with Crippen molar-refractivity contribution in [1.29, 1.82) is 0 Å². The van der Waals surface area contributed by atoms with Crippen LogP contribution in [0.2, 0.25) is 0 Å². The van der Waals surface area contributed by atoms with Gasteiger partial charge in [-0.3, -0.25) is 0 Å². The van der Waals surface area contributed by atoms with Crippen molar-refractivity contribution in [3.8, 4) is 11.5 Å². The van der Waals surface area contributed by atoms with Crippen molar-refractivity contribution in [2.45, 2.75) is 86.2 Å². The van der Waals surface area contributed by atoms with Crippen LogP contribution in [0.3, 0.4) is 0 Å². The minimum Gasteiger partial charge on any atom is -0.744 e.